The largest absolute Gasteiger partial charge is 0.366 e. The summed E-state index contributed by atoms with van der Waals surface area (Å²) in [5.41, 5.74) is 4.07. The molecule has 2 rings (SSSR count). The van der Waals surface area contributed by atoms with Gasteiger partial charge in [0, 0.05) is 13.6 Å². The Morgan fingerprint density at radius 3 is 2.39 bits per heavy atom. The number of hydrogen-bond donors (Lipinski definition) is 0. The van der Waals surface area contributed by atoms with Crippen LogP contribution in [0.2, 0.25) is 0 Å². The molecule has 0 saturated heterocycles. The topological polar surface area (TPSA) is 15.6 Å². The summed E-state index contributed by atoms with van der Waals surface area (Å²) >= 11 is 0. The van der Waals surface area contributed by atoms with Gasteiger partial charge in [0.15, 0.2) is 0 Å². The number of rotatable bonds is 5. The van der Waals surface area contributed by atoms with E-state index in [-0.39, 0.29) is 11.6 Å². The maximum atomic E-state index is 14.3. The molecule has 0 aromatic heterocycles. The van der Waals surface area contributed by atoms with Gasteiger partial charge in [-0.05, 0) is 73.7 Å². The summed E-state index contributed by atoms with van der Waals surface area (Å²) in [5.74, 6) is -0.593. The Morgan fingerprint density at radius 1 is 1.04 bits per heavy atom. The summed E-state index contributed by atoms with van der Waals surface area (Å²) in [7, 11) is 1.89. The molecule has 2 nitrogen and oxygen atoms in total. The van der Waals surface area contributed by atoms with Gasteiger partial charge in [-0.3, -0.25) is 0 Å². The van der Waals surface area contributed by atoms with Crippen LogP contribution in [0.25, 0.3) is 0 Å². The summed E-state index contributed by atoms with van der Waals surface area (Å²) in [6.07, 6.45) is 2.20. The molecule has 0 aliphatic carbocycles. The van der Waals surface area contributed by atoms with E-state index < -0.39 is 0 Å². The van der Waals surface area contributed by atoms with Gasteiger partial charge in [0.05, 0.1) is 6.34 Å². The second-order valence-corrected chi connectivity index (χ2v) is 5.80. The minimum atomic E-state index is -0.342. The molecule has 0 amide bonds. The van der Waals surface area contributed by atoms with Crippen molar-refractivity contribution in [3.63, 3.8) is 0 Å². The zero-order valence-corrected chi connectivity index (χ0v) is 14.0. The average molecular weight is 316 g/mol. The molecule has 0 N–H and O–H groups in total. The molecule has 0 fully saturated rings. The highest BCUT2D eigenvalue weighted by molar-refractivity contribution is 5.62. The van der Waals surface area contributed by atoms with Crippen molar-refractivity contribution in [2.24, 2.45) is 4.99 Å². The van der Waals surface area contributed by atoms with Gasteiger partial charge in [-0.1, -0.05) is 6.07 Å². The fourth-order valence-corrected chi connectivity index (χ4v) is 2.30. The van der Waals surface area contributed by atoms with Crippen molar-refractivity contribution in [1.29, 1.82) is 0 Å². The highest BCUT2D eigenvalue weighted by Crippen LogP contribution is 2.25. The van der Waals surface area contributed by atoms with Crippen LogP contribution in [0.4, 0.5) is 14.5 Å². The van der Waals surface area contributed by atoms with Crippen molar-refractivity contribution in [2.75, 3.05) is 13.6 Å². The second-order valence-electron chi connectivity index (χ2n) is 5.80. The second kappa shape index (κ2) is 7.36. The molecule has 122 valence electrons. The lowest BCUT2D eigenvalue weighted by Crippen LogP contribution is -2.14. The fraction of sp³-hybridized carbons (Fsp3) is 0.316. The molecule has 0 bridgehead atoms. The van der Waals surface area contributed by atoms with Crippen LogP contribution in [-0.2, 0) is 6.42 Å². The number of aryl methyl sites for hydroxylation is 2. The Balaban J connectivity index is 2.27. The molecule has 0 spiro atoms. The predicted molar refractivity (Wildman–Crippen MR) is 91.5 cm³/mol. The zero-order valence-electron chi connectivity index (χ0n) is 14.0. The van der Waals surface area contributed by atoms with Crippen molar-refractivity contribution >= 4 is 12.0 Å². The monoisotopic (exact) mass is 316 g/mol. The minimum Gasteiger partial charge on any atom is -0.366 e. The van der Waals surface area contributed by atoms with Crippen LogP contribution >= 0.6 is 0 Å². The first-order chi connectivity index (χ1) is 10.9. The zero-order chi connectivity index (χ0) is 17.0. The van der Waals surface area contributed by atoms with Crippen LogP contribution in [0, 0.1) is 25.5 Å². The van der Waals surface area contributed by atoms with E-state index in [9.17, 15) is 8.78 Å². The molecular formula is C19H22F2N2. The van der Waals surface area contributed by atoms with E-state index in [1.807, 2.05) is 32.7 Å². The summed E-state index contributed by atoms with van der Waals surface area (Å²) in [6, 6.07) is 7.97. The summed E-state index contributed by atoms with van der Waals surface area (Å²) in [4.78, 5) is 6.07. The third-order valence-electron chi connectivity index (χ3n) is 3.98. The van der Waals surface area contributed by atoms with Gasteiger partial charge in [-0.25, -0.2) is 13.8 Å². The van der Waals surface area contributed by atoms with Crippen LogP contribution in [0.3, 0.4) is 0 Å². The average Bonchev–Trinajstić information content (AvgIpc) is 2.51. The van der Waals surface area contributed by atoms with E-state index in [2.05, 4.69) is 4.99 Å². The van der Waals surface area contributed by atoms with Crippen LogP contribution in [0.1, 0.15) is 29.2 Å². The molecular weight excluding hydrogens is 294 g/mol. The highest BCUT2D eigenvalue weighted by atomic mass is 19.1. The lowest BCUT2D eigenvalue weighted by Gasteiger charge is -2.12. The fourth-order valence-electron chi connectivity index (χ4n) is 2.30. The Hall–Kier alpha value is -2.23. The smallest absolute Gasteiger partial charge is 0.149 e. The van der Waals surface area contributed by atoms with Gasteiger partial charge in [0.1, 0.15) is 17.3 Å². The molecule has 4 heteroatoms. The SMILES string of the molecule is CCN(C)C=Nc1cc(C)c(Cc2ccc(F)cc2C)cc1F. The van der Waals surface area contributed by atoms with Gasteiger partial charge in [-0.15, -0.1) is 0 Å². The van der Waals surface area contributed by atoms with E-state index in [0.717, 1.165) is 28.8 Å². The number of benzene rings is 2. The van der Waals surface area contributed by atoms with E-state index in [0.29, 0.717) is 12.1 Å². The van der Waals surface area contributed by atoms with Gasteiger partial charge < -0.3 is 4.90 Å². The first-order valence-electron chi connectivity index (χ1n) is 7.69. The third-order valence-corrected chi connectivity index (χ3v) is 3.98. The molecule has 2 aromatic rings. The lowest BCUT2D eigenvalue weighted by atomic mass is 9.97. The minimum absolute atomic E-state index is 0.251. The number of nitrogens with zero attached hydrogens (tertiary/aromatic N) is 2. The summed E-state index contributed by atoms with van der Waals surface area (Å²) < 4.78 is 27.4. The molecule has 0 heterocycles. The van der Waals surface area contributed by atoms with Gasteiger partial charge in [0.25, 0.3) is 0 Å². The Kier molecular flexibility index (Phi) is 5.48. The van der Waals surface area contributed by atoms with Gasteiger partial charge in [-0.2, -0.15) is 0 Å². The van der Waals surface area contributed by atoms with Gasteiger partial charge in [0.2, 0.25) is 0 Å². The Bertz CT molecular complexity index is 724. The maximum Gasteiger partial charge on any atom is 0.149 e. The van der Waals surface area contributed by atoms with Crippen molar-refractivity contribution in [3.05, 3.63) is 64.2 Å². The van der Waals surface area contributed by atoms with Crippen LogP contribution in [-0.4, -0.2) is 24.8 Å². The first kappa shape index (κ1) is 17.1. The van der Waals surface area contributed by atoms with E-state index >= 15 is 0 Å². The van der Waals surface area contributed by atoms with Crippen LogP contribution in [0.15, 0.2) is 35.3 Å². The molecule has 23 heavy (non-hydrogen) atoms. The maximum absolute atomic E-state index is 14.3. The molecule has 0 radical (unpaired) electrons. The van der Waals surface area contributed by atoms with Crippen molar-refractivity contribution < 1.29 is 8.78 Å². The standard InChI is InChI=1S/C19H22F2N2/c1-5-23(4)12-22-19-9-14(3)16(11-18(19)21)10-15-6-7-17(20)8-13(15)2/h6-9,11-12H,5,10H2,1-4H3. The molecule has 0 atom stereocenters. The Labute approximate surface area is 136 Å². The molecule has 0 unspecified atom stereocenters. The van der Waals surface area contributed by atoms with E-state index in [1.165, 1.54) is 18.2 Å². The van der Waals surface area contributed by atoms with Crippen molar-refractivity contribution in [3.8, 4) is 0 Å². The molecule has 2 aromatic carbocycles. The lowest BCUT2D eigenvalue weighted by molar-refractivity contribution is 0.551. The van der Waals surface area contributed by atoms with Crippen molar-refractivity contribution in [1.82, 2.24) is 4.90 Å². The van der Waals surface area contributed by atoms with Crippen LogP contribution < -0.4 is 0 Å². The van der Waals surface area contributed by atoms with Crippen molar-refractivity contribution in [2.45, 2.75) is 27.2 Å². The number of halogens is 2. The van der Waals surface area contributed by atoms with E-state index in [1.54, 1.807) is 18.5 Å². The summed E-state index contributed by atoms with van der Waals surface area (Å²) in [6.45, 7) is 6.62. The predicted octanol–water partition coefficient (Wildman–Crippen LogP) is 4.78. The first-order valence-corrected chi connectivity index (χ1v) is 7.69. The highest BCUT2D eigenvalue weighted by Gasteiger charge is 2.09. The van der Waals surface area contributed by atoms with Gasteiger partial charge >= 0.3 is 0 Å². The Morgan fingerprint density at radius 2 is 1.74 bits per heavy atom. The van der Waals surface area contributed by atoms with E-state index in [4.69, 9.17) is 0 Å². The normalized spacial score (nSPS) is 11.2. The molecule has 0 aliphatic heterocycles. The molecule has 0 aliphatic rings. The number of aliphatic imine (C=N–C) groups is 1. The quantitative estimate of drug-likeness (QED) is 0.572. The third kappa shape index (κ3) is 4.38. The van der Waals surface area contributed by atoms with Crippen LogP contribution in [0.5, 0.6) is 0 Å². The number of hydrogen-bond acceptors (Lipinski definition) is 1. The molecule has 0 saturated carbocycles. The summed E-state index contributed by atoms with van der Waals surface area (Å²) in [5, 5.41) is 0.